The van der Waals surface area contributed by atoms with Gasteiger partial charge in [0.05, 0.1) is 5.92 Å². The number of allylic oxidation sites excluding steroid dienone is 1. The fourth-order valence-corrected chi connectivity index (χ4v) is 2.19. The maximum Gasteiger partial charge on any atom is 0.309 e. The Hall–Kier alpha value is -1.32. The van der Waals surface area contributed by atoms with E-state index >= 15 is 0 Å². The number of carbonyl (C=O) groups is 1. The normalized spacial score (nSPS) is 13.5. The van der Waals surface area contributed by atoms with E-state index in [0.29, 0.717) is 6.42 Å². The highest BCUT2D eigenvalue weighted by molar-refractivity contribution is 6.30. The lowest BCUT2D eigenvalue weighted by Crippen LogP contribution is -2.27. The molecule has 3 nitrogen and oxygen atoms in total. The Labute approximate surface area is 132 Å². The van der Waals surface area contributed by atoms with Gasteiger partial charge < -0.3 is 10.5 Å². The van der Waals surface area contributed by atoms with E-state index in [1.165, 1.54) is 5.56 Å². The van der Waals surface area contributed by atoms with Gasteiger partial charge >= 0.3 is 5.97 Å². The maximum absolute atomic E-state index is 12.0. The molecule has 0 saturated heterocycles. The second-order valence-electron chi connectivity index (χ2n) is 5.35. The van der Waals surface area contributed by atoms with Crippen LogP contribution in [0.3, 0.4) is 0 Å². The minimum absolute atomic E-state index is 0.131. The molecule has 0 amide bonds. The lowest BCUT2D eigenvalue weighted by molar-refractivity contribution is -0.149. The minimum atomic E-state index is -0.177. The van der Waals surface area contributed by atoms with E-state index in [4.69, 9.17) is 22.1 Å². The van der Waals surface area contributed by atoms with Crippen molar-refractivity contribution in [3.8, 4) is 0 Å². The van der Waals surface area contributed by atoms with E-state index in [-0.39, 0.29) is 24.5 Å². The van der Waals surface area contributed by atoms with Crippen molar-refractivity contribution >= 4 is 17.6 Å². The SMILES string of the molecule is C=CCC(CCCc1ccc(Cl)cc1)C(=O)OCC(C)N. The van der Waals surface area contributed by atoms with Gasteiger partial charge in [-0.3, -0.25) is 4.79 Å². The lowest BCUT2D eigenvalue weighted by Gasteiger charge is -2.15. The molecule has 1 aromatic carbocycles. The first kappa shape index (κ1) is 17.7. The van der Waals surface area contributed by atoms with Gasteiger partial charge in [0.25, 0.3) is 0 Å². The van der Waals surface area contributed by atoms with Gasteiger partial charge in [-0.15, -0.1) is 6.58 Å². The largest absolute Gasteiger partial charge is 0.464 e. The molecule has 2 atom stereocenters. The van der Waals surface area contributed by atoms with E-state index in [1.54, 1.807) is 6.08 Å². The molecule has 1 rings (SSSR count). The summed E-state index contributed by atoms with van der Waals surface area (Å²) in [6.45, 7) is 5.79. The molecule has 0 aliphatic rings. The molecule has 0 radical (unpaired) electrons. The van der Waals surface area contributed by atoms with Gasteiger partial charge in [-0.05, 0) is 50.3 Å². The Kier molecular flexibility index (Phi) is 8.09. The van der Waals surface area contributed by atoms with Crippen molar-refractivity contribution in [3.05, 3.63) is 47.5 Å². The summed E-state index contributed by atoms with van der Waals surface area (Å²) in [5, 5.41) is 0.739. The van der Waals surface area contributed by atoms with Crippen LogP contribution in [0.2, 0.25) is 5.02 Å². The van der Waals surface area contributed by atoms with E-state index in [9.17, 15) is 4.79 Å². The van der Waals surface area contributed by atoms with Crippen LogP contribution in [0.4, 0.5) is 0 Å². The predicted octanol–water partition coefficient (Wildman–Crippen LogP) is 3.75. The number of esters is 1. The second kappa shape index (κ2) is 9.59. The van der Waals surface area contributed by atoms with E-state index in [2.05, 4.69) is 6.58 Å². The van der Waals surface area contributed by atoms with Crippen molar-refractivity contribution in [2.45, 2.75) is 38.6 Å². The number of halogens is 1. The number of hydrogen-bond acceptors (Lipinski definition) is 3. The van der Waals surface area contributed by atoms with Gasteiger partial charge in [0.15, 0.2) is 0 Å². The average Bonchev–Trinajstić information content (AvgIpc) is 2.46. The van der Waals surface area contributed by atoms with Crippen LogP contribution in [0.5, 0.6) is 0 Å². The summed E-state index contributed by atoms with van der Waals surface area (Å²) >= 11 is 5.86. The zero-order chi connectivity index (χ0) is 15.7. The molecule has 0 saturated carbocycles. The van der Waals surface area contributed by atoms with Crippen molar-refractivity contribution in [3.63, 3.8) is 0 Å². The van der Waals surface area contributed by atoms with Crippen molar-refractivity contribution in [1.29, 1.82) is 0 Å². The van der Waals surface area contributed by atoms with Crippen LogP contribution in [0.25, 0.3) is 0 Å². The van der Waals surface area contributed by atoms with E-state index < -0.39 is 0 Å². The van der Waals surface area contributed by atoms with Gasteiger partial charge in [-0.1, -0.05) is 29.8 Å². The van der Waals surface area contributed by atoms with E-state index in [1.807, 2.05) is 31.2 Å². The Bertz CT molecular complexity index is 443. The first-order valence-electron chi connectivity index (χ1n) is 7.30. The number of carbonyl (C=O) groups excluding carboxylic acids is 1. The van der Waals surface area contributed by atoms with Crippen LogP contribution >= 0.6 is 11.6 Å². The first-order chi connectivity index (χ1) is 10.0. The third-order valence-electron chi connectivity index (χ3n) is 3.20. The zero-order valence-corrected chi connectivity index (χ0v) is 13.3. The smallest absolute Gasteiger partial charge is 0.309 e. The summed E-state index contributed by atoms with van der Waals surface area (Å²) in [6.07, 6.45) is 5.03. The van der Waals surface area contributed by atoms with Crippen molar-refractivity contribution in [2.75, 3.05) is 6.61 Å². The molecule has 2 unspecified atom stereocenters. The molecule has 0 aliphatic heterocycles. The molecule has 0 bridgehead atoms. The molecule has 0 aromatic heterocycles. The Morgan fingerprint density at radius 1 is 1.43 bits per heavy atom. The summed E-state index contributed by atoms with van der Waals surface area (Å²) in [6, 6.07) is 7.66. The van der Waals surface area contributed by atoms with Crippen LogP contribution in [-0.2, 0) is 16.0 Å². The molecule has 0 spiro atoms. The molecule has 1 aromatic rings. The van der Waals surface area contributed by atoms with Crippen molar-refractivity contribution in [1.82, 2.24) is 0 Å². The van der Waals surface area contributed by atoms with Crippen LogP contribution in [-0.4, -0.2) is 18.6 Å². The highest BCUT2D eigenvalue weighted by Gasteiger charge is 2.18. The van der Waals surface area contributed by atoms with Crippen molar-refractivity contribution < 1.29 is 9.53 Å². The first-order valence-corrected chi connectivity index (χ1v) is 7.68. The predicted molar refractivity (Wildman–Crippen MR) is 87.3 cm³/mol. The number of hydrogen-bond donors (Lipinski definition) is 1. The fourth-order valence-electron chi connectivity index (χ4n) is 2.07. The summed E-state index contributed by atoms with van der Waals surface area (Å²) in [7, 11) is 0. The van der Waals surface area contributed by atoms with Crippen LogP contribution < -0.4 is 5.73 Å². The molecule has 2 N–H and O–H groups in total. The van der Waals surface area contributed by atoms with E-state index in [0.717, 1.165) is 24.3 Å². The van der Waals surface area contributed by atoms with Gasteiger partial charge in [0.2, 0.25) is 0 Å². The molecule has 0 heterocycles. The second-order valence-corrected chi connectivity index (χ2v) is 5.78. The number of aryl methyl sites for hydroxylation is 1. The highest BCUT2D eigenvalue weighted by atomic mass is 35.5. The molecule has 21 heavy (non-hydrogen) atoms. The molecular formula is C17H24ClNO2. The summed E-state index contributed by atoms with van der Waals surface area (Å²) in [5.74, 6) is -0.308. The average molecular weight is 310 g/mol. The van der Waals surface area contributed by atoms with Gasteiger partial charge in [-0.2, -0.15) is 0 Å². The molecule has 0 fully saturated rings. The Morgan fingerprint density at radius 2 is 2.10 bits per heavy atom. The monoisotopic (exact) mass is 309 g/mol. The summed E-state index contributed by atoms with van der Waals surface area (Å²) in [4.78, 5) is 12.0. The molecule has 116 valence electrons. The standard InChI is InChI=1S/C17H24ClNO2/c1-3-5-15(17(20)21-12-13(2)19)7-4-6-14-8-10-16(18)11-9-14/h3,8-11,13,15H,1,4-7,12,19H2,2H3. The Morgan fingerprint density at radius 3 is 2.67 bits per heavy atom. The van der Waals surface area contributed by atoms with Crippen LogP contribution in [0, 0.1) is 5.92 Å². The Balaban J connectivity index is 2.41. The highest BCUT2D eigenvalue weighted by Crippen LogP contribution is 2.17. The van der Waals surface area contributed by atoms with Crippen molar-refractivity contribution in [2.24, 2.45) is 11.7 Å². The fraction of sp³-hybridized carbons (Fsp3) is 0.471. The van der Waals surface area contributed by atoms with Crippen LogP contribution in [0.15, 0.2) is 36.9 Å². The van der Waals surface area contributed by atoms with Crippen LogP contribution in [0.1, 0.15) is 31.7 Å². The molecule has 0 aliphatic carbocycles. The minimum Gasteiger partial charge on any atom is -0.464 e. The van der Waals surface area contributed by atoms with Gasteiger partial charge in [0.1, 0.15) is 6.61 Å². The number of rotatable bonds is 9. The van der Waals surface area contributed by atoms with Gasteiger partial charge in [0, 0.05) is 11.1 Å². The lowest BCUT2D eigenvalue weighted by atomic mass is 9.96. The molecule has 4 heteroatoms. The summed E-state index contributed by atoms with van der Waals surface area (Å²) < 4.78 is 5.21. The number of benzene rings is 1. The zero-order valence-electron chi connectivity index (χ0n) is 12.6. The number of nitrogens with two attached hydrogens (primary N) is 1. The quantitative estimate of drug-likeness (QED) is 0.558. The third kappa shape index (κ3) is 7.30. The maximum atomic E-state index is 12.0. The topological polar surface area (TPSA) is 52.3 Å². The number of ether oxygens (including phenoxy) is 1. The van der Waals surface area contributed by atoms with Gasteiger partial charge in [-0.25, -0.2) is 0 Å². The molecular weight excluding hydrogens is 286 g/mol. The summed E-state index contributed by atoms with van der Waals surface area (Å²) in [5.41, 5.74) is 6.82. The third-order valence-corrected chi connectivity index (χ3v) is 3.46.